The normalized spacial score (nSPS) is 11.8. The van der Waals surface area contributed by atoms with Gasteiger partial charge in [-0.3, -0.25) is 14.6 Å². The first kappa shape index (κ1) is 25.7. The summed E-state index contributed by atoms with van der Waals surface area (Å²) >= 11 is 0. The summed E-state index contributed by atoms with van der Waals surface area (Å²) in [7, 11) is 0. The van der Waals surface area contributed by atoms with E-state index in [1.165, 1.54) is 19.1 Å². The van der Waals surface area contributed by atoms with Crippen LogP contribution in [0.4, 0.5) is 10.1 Å². The number of aliphatic hydroxyl groups excluding tert-OH is 1. The van der Waals surface area contributed by atoms with Crippen molar-refractivity contribution in [1.82, 2.24) is 20.3 Å². The second-order valence-corrected chi connectivity index (χ2v) is 9.16. The van der Waals surface area contributed by atoms with Gasteiger partial charge in [-0.1, -0.05) is 36.4 Å². The average molecular weight is 524 g/mol. The molecule has 0 radical (unpaired) electrons. The molecular weight excluding hydrogens is 497 g/mol. The topological polar surface area (TPSA) is 120 Å². The number of aromatic amines is 1. The third kappa shape index (κ3) is 6.16. The van der Waals surface area contributed by atoms with Gasteiger partial charge in [-0.2, -0.15) is 0 Å². The SMILES string of the molecule is CC(O)C(=O)Nc1cc(C(=O)NCCc2ccc(F)cc2)cc(-c2cnc(-c3cc4ccccc4cn3)[nH]2)c1. The van der Waals surface area contributed by atoms with Crippen LogP contribution in [0.15, 0.2) is 85.2 Å². The van der Waals surface area contributed by atoms with Crippen LogP contribution in [0.1, 0.15) is 22.8 Å². The largest absolute Gasteiger partial charge is 0.384 e. The minimum atomic E-state index is -1.22. The van der Waals surface area contributed by atoms with Gasteiger partial charge in [0.2, 0.25) is 0 Å². The van der Waals surface area contributed by atoms with Gasteiger partial charge in [-0.25, -0.2) is 9.37 Å². The molecule has 3 aromatic carbocycles. The first-order chi connectivity index (χ1) is 18.9. The van der Waals surface area contributed by atoms with E-state index in [9.17, 15) is 19.1 Å². The quantitative estimate of drug-likeness (QED) is 0.235. The number of fused-ring (bicyclic) bond motifs is 1. The Labute approximate surface area is 224 Å². The van der Waals surface area contributed by atoms with Gasteiger partial charge >= 0.3 is 0 Å². The van der Waals surface area contributed by atoms with Crippen LogP contribution in [0.25, 0.3) is 33.5 Å². The molecule has 39 heavy (non-hydrogen) atoms. The van der Waals surface area contributed by atoms with E-state index < -0.39 is 12.0 Å². The summed E-state index contributed by atoms with van der Waals surface area (Å²) in [5.74, 6) is -0.702. The second-order valence-electron chi connectivity index (χ2n) is 9.16. The first-order valence-corrected chi connectivity index (χ1v) is 12.4. The summed E-state index contributed by atoms with van der Waals surface area (Å²) in [5, 5.41) is 17.2. The number of carbonyl (C=O) groups excluding carboxylic acids is 2. The molecule has 0 bridgehead atoms. The van der Waals surface area contributed by atoms with Crippen molar-refractivity contribution in [3.8, 4) is 22.8 Å². The number of carbonyl (C=O) groups is 2. The third-order valence-electron chi connectivity index (χ3n) is 6.22. The van der Waals surface area contributed by atoms with Gasteiger partial charge in [0.15, 0.2) is 5.82 Å². The number of nitrogens with one attached hydrogen (secondary N) is 3. The molecule has 5 rings (SSSR count). The molecule has 8 nitrogen and oxygen atoms in total. The number of halogens is 1. The van der Waals surface area contributed by atoms with Crippen LogP contribution in [-0.4, -0.2) is 44.5 Å². The monoisotopic (exact) mass is 523 g/mol. The number of hydrogen-bond acceptors (Lipinski definition) is 5. The number of hydrogen-bond donors (Lipinski definition) is 4. The van der Waals surface area contributed by atoms with Crippen molar-refractivity contribution in [2.45, 2.75) is 19.4 Å². The molecule has 5 aromatic rings. The highest BCUT2D eigenvalue weighted by Crippen LogP contribution is 2.27. The highest BCUT2D eigenvalue weighted by molar-refractivity contribution is 5.99. The molecule has 0 saturated carbocycles. The molecule has 1 unspecified atom stereocenters. The van der Waals surface area contributed by atoms with E-state index in [4.69, 9.17) is 0 Å². The number of anilines is 1. The van der Waals surface area contributed by atoms with Crippen LogP contribution < -0.4 is 10.6 Å². The van der Waals surface area contributed by atoms with Crippen molar-refractivity contribution < 1.29 is 19.1 Å². The fraction of sp³-hybridized carbons (Fsp3) is 0.133. The number of rotatable bonds is 8. The number of benzene rings is 3. The number of amides is 2. The number of H-pyrrole nitrogens is 1. The molecule has 2 amide bonds. The zero-order chi connectivity index (χ0) is 27.4. The molecule has 0 saturated heterocycles. The maximum atomic E-state index is 13.1. The first-order valence-electron chi connectivity index (χ1n) is 12.4. The van der Waals surface area contributed by atoms with Crippen molar-refractivity contribution >= 4 is 28.3 Å². The predicted octanol–water partition coefficient (Wildman–Crippen LogP) is 4.72. The van der Waals surface area contributed by atoms with Gasteiger partial charge in [0, 0.05) is 34.9 Å². The Hall–Kier alpha value is -4.89. The molecule has 2 heterocycles. The maximum absolute atomic E-state index is 13.1. The minimum Gasteiger partial charge on any atom is -0.384 e. The number of pyridine rings is 1. The number of imidazole rings is 1. The molecule has 1 atom stereocenters. The van der Waals surface area contributed by atoms with Gasteiger partial charge in [-0.15, -0.1) is 0 Å². The Kier molecular flexibility index (Phi) is 7.42. The molecule has 2 aromatic heterocycles. The average Bonchev–Trinajstić information content (AvgIpc) is 3.44. The van der Waals surface area contributed by atoms with E-state index in [0.29, 0.717) is 47.0 Å². The smallest absolute Gasteiger partial charge is 0.252 e. The lowest BCUT2D eigenvalue weighted by molar-refractivity contribution is -0.123. The van der Waals surface area contributed by atoms with E-state index >= 15 is 0 Å². The lowest BCUT2D eigenvalue weighted by Crippen LogP contribution is -2.27. The standard InChI is InChI=1S/C30H26FN5O3/c1-18(37)29(38)35-25-13-22(12-23(14-25)30(39)32-11-10-19-6-8-24(31)9-7-19)27-17-34-28(36-27)26-15-20-4-2-3-5-21(20)16-33-26/h2-9,12-18,37H,10-11H2,1H3,(H,32,39)(H,34,36)(H,35,38). The van der Waals surface area contributed by atoms with Crippen LogP contribution in [-0.2, 0) is 11.2 Å². The Balaban J connectivity index is 1.40. The van der Waals surface area contributed by atoms with Gasteiger partial charge in [0.1, 0.15) is 17.6 Å². The second kappa shape index (κ2) is 11.2. The molecular formula is C30H26FN5O3. The summed E-state index contributed by atoms with van der Waals surface area (Å²) in [6, 6.07) is 20.9. The molecule has 4 N–H and O–H groups in total. The van der Waals surface area contributed by atoms with E-state index in [1.54, 1.807) is 42.7 Å². The fourth-order valence-electron chi connectivity index (χ4n) is 4.12. The zero-order valence-electron chi connectivity index (χ0n) is 21.1. The van der Waals surface area contributed by atoms with E-state index in [0.717, 1.165) is 16.3 Å². The van der Waals surface area contributed by atoms with E-state index in [-0.39, 0.29) is 11.7 Å². The molecule has 9 heteroatoms. The van der Waals surface area contributed by atoms with Gasteiger partial charge in [-0.05, 0) is 60.7 Å². The van der Waals surface area contributed by atoms with Gasteiger partial charge in [0.25, 0.3) is 11.8 Å². The number of aliphatic hydroxyl groups is 1. The summed E-state index contributed by atoms with van der Waals surface area (Å²) in [6.07, 6.45) is 2.73. The summed E-state index contributed by atoms with van der Waals surface area (Å²) in [4.78, 5) is 37.4. The van der Waals surface area contributed by atoms with Crippen LogP contribution in [0.5, 0.6) is 0 Å². The molecule has 0 aliphatic heterocycles. The minimum absolute atomic E-state index is 0.312. The zero-order valence-corrected chi connectivity index (χ0v) is 21.1. The van der Waals surface area contributed by atoms with Crippen LogP contribution >= 0.6 is 0 Å². The molecule has 0 aliphatic carbocycles. The molecule has 0 spiro atoms. The predicted molar refractivity (Wildman–Crippen MR) is 148 cm³/mol. The fourth-order valence-corrected chi connectivity index (χ4v) is 4.12. The lowest BCUT2D eigenvalue weighted by Gasteiger charge is -2.12. The number of aromatic nitrogens is 3. The summed E-state index contributed by atoms with van der Waals surface area (Å²) in [6.45, 7) is 1.70. The molecule has 0 fully saturated rings. The maximum Gasteiger partial charge on any atom is 0.252 e. The lowest BCUT2D eigenvalue weighted by atomic mass is 10.1. The van der Waals surface area contributed by atoms with Crippen LogP contribution in [0.3, 0.4) is 0 Å². The summed E-state index contributed by atoms with van der Waals surface area (Å²) < 4.78 is 13.1. The Bertz CT molecular complexity index is 1650. The third-order valence-corrected chi connectivity index (χ3v) is 6.22. The Morgan fingerprint density at radius 3 is 2.51 bits per heavy atom. The Morgan fingerprint density at radius 2 is 1.74 bits per heavy atom. The van der Waals surface area contributed by atoms with Crippen molar-refractivity contribution in [3.63, 3.8) is 0 Å². The van der Waals surface area contributed by atoms with Crippen LogP contribution in [0, 0.1) is 5.82 Å². The van der Waals surface area contributed by atoms with Crippen molar-refractivity contribution in [2.75, 3.05) is 11.9 Å². The highest BCUT2D eigenvalue weighted by Gasteiger charge is 2.15. The number of nitrogens with zero attached hydrogens (tertiary/aromatic N) is 2. The van der Waals surface area contributed by atoms with Crippen LogP contribution in [0.2, 0.25) is 0 Å². The van der Waals surface area contributed by atoms with Crippen molar-refractivity contribution in [1.29, 1.82) is 0 Å². The summed E-state index contributed by atoms with van der Waals surface area (Å²) in [5.41, 5.74) is 3.45. The molecule has 196 valence electrons. The van der Waals surface area contributed by atoms with Gasteiger partial charge < -0.3 is 20.7 Å². The van der Waals surface area contributed by atoms with Crippen molar-refractivity contribution in [3.05, 3.63) is 102 Å². The van der Waals surface area contributed by atoms with Crippen molar-refractivity contribution in [2.24, 2.45) is 0 Å². The Morgan fingerprint density at radius 1 is 0.974 bits per heavy atom. The van der Waals surface area contributed by atoms with E-state index in [1.807, 2.05) is 30.3 Å². The van der Waals surface area contributed by atoms with Gasteiger partial charge in [0.05, 0.1) is 11.9 Å². The molecule has 0 aliphatic rings. The highest BCUT2D eigenvalue weighted by atomic mass is 19.1. The van der Waals surface area contributed by atoms with E-state index in [2.05, 4.69) is 25.6 Å².